The van der Waals surface area contributed by atoms with Crippen molar-refractivity contribution in [3.05, 3.63) is 188 Å². The largest absolute Gasteiger partial charge is 0.247 e. The van der Waals surface area contributed by atoms with Crippen molar-refractivity contribution >= 4 is 21.7 Å². The second-order valence-electron chi connectivity index (χ2n) is 12.4. The minimum atomic E-state index is 0.699. The zero-order valence-corrected chi connectivity index (χ0v) is 27.2. The lowest BCUT2D eigenvalue weighted by Crippen LogP contribution is -2.01. The number of para-hydroxylation sites is 1. The summed E-state index contributed by atoms with van der Waals surface area (Å²) in [4.78, 5) is 15.8. The second kappa shape index (κ2) is 12.7. The van der Waals surface area contributed by atoms with Crippen molar-refractivity contribution in [2.75, 3.05) is 0 Å². The molecule has 0 bridgehead atoms. The minimum absolute atomic E-state index is 0.699. The molecule has 0 aliphatic heterocycles. The van der Waals surface area contributed by atoms with Gasteiger partial charge in [0.25, 0.3) is 0 Å². The van der Waals surface area contributed by atoms with Crippen LogP contribution in [0.2, 0.25) is 0 Å². The number of rotatable bonds is 6. The number of fused-ring (bicyclic) bond motifs is 3. The van der Waals surface area contributed by atoms with Gasteiger partial charge in [-0.15, -0.1) is 0 Å². The molecule has 7 aromatic carbocycles. The van der Waals surface area contributed by atoms with Gasteiger partial charge in [-0.1, -0.05) is 176 Å². The Hall–Kier alpha value is -6.71. The molecule has 9 rings (SSSR count). The quantitative estimate of drug-likeness (QED) is 0.170. The number of benzene rings is 7. The van der Waals surface area contributed by atoms with Crippen LogP contribution in [0.4, 0.5) is 0 Å². The molecule has 0 atom stereocenters. The first-order chi connectivity index (χ1) is 24.8. The van der Waals surface area contributed by atoms with Crippen molar-refractivity contribution in [2.24, 2.45) is 0 Å². The van der Waals surface area contributed by atoms with E-state index in [1.165, 1.54) is 5.39 Å². The number of aromatic nitrogens is 3. The normalized spacial score (nSPS) is 11.2. The summed E-state index contributed by atoms with van der Waals surface area (Å²) in [6, 6.07) is 65.5. The monoisotopic (exact) mass is 637 g/mol. The lowest BCUT2D eigenvalue weighted by molar-refractivity contribution is 1.18. The van der Waals surface area contributed by atoms with E-state index in [9.17, 15) is 0 Å². The Bertz CT molecular complexity index is 2560. The first-order valence-corrected chi connectivity index (χ1v) is 16.9. The smallest absolute Gasteiger partial charge is 0.160 e. The van der Waals surface area contributed by atoms with Crippen molar-refractivity contribution in [1.82, 2.24) is 15.0 Å². The minimum Gasteiger partial charge on any atom is -0.247 e. The van der Waals surface area contributed by atoms with E-state index in [2.05, 4.69) is 152 Å². The number of pyridine rings is 1. The molecule has 0 N–H and O–H groups in total. The molecule has 2 aromatic heterocycles. The average molecular weight is 638 g/mol. The molecule has 0 spiro atoms. The summed E-state index contributed by atoms with van der Waals surface area (Å²) >= 11 is 0. The fraction of sp³-hybridized carbons (Fsp3) is 0. The third-order valence-electron chi connectivity index (χ3n) is 9.27. The first kappa shape index (κ1) is 29.4. The van der Waals surface area contributed by atoms with E-state index < -0.39 is 0 Å². The Morgan fingerprint density at radius 2 is 0.760 bits per heavy atom. The number of hydrogen-bond donors (Lipinski definition) is 0. The third-order valence-corrected chi connectivity index (χ3v) is 9.27. The Morgan fingerprint density at radius 1 is 0.300 bits per heavy atom. The molecule has 234 valence electrons. The zero-order chi connectivity index (χ0) is 33.3. The van der Waals surface area contributed by atoms with E-state index in [0.717, 1.165) is 77.9 Å². The van der Waals surface area contributed by atoms with Gasteiger partial charge in [-0.3, -0.25) is 0 Å². The van der Waals surface area contributed by atoms with E-state index in [1.807, 2.05) is 36.4 Å². The second-order valence-corrected chi connectivity index (χ2v) is 12.4. The van der Waals surface area contributed by atoms with Crippen LogP contribution in [0.25, 0.3) is 89.1 Å². The van der Waals surface area contributed by atoms with Crippen LogP contribution in [0.15, 0.2) is 188 Å². The highest BCUT2D eigenvalue weighted by Gasteiger charge is 2.21. The van der Waals surface area contributed by atoms with Crippen molar-refractivity contribution in [2.45, 2.75) is 0 Å². The van der Waals surface area contributed by atoms with Gasteiger partial charge in [0.05, 0.1) is 22.6 Å². The Labute approximate surface area is 291 Å². The van der Waals surface area contributed by atoms with Gasteiger partial charge in [0.15, 0.2) is 5.82 Å². The summed E-state index contributed by atoms with van der Waals surface area (Å²) in [6.45, 7) is 0. The molecule has 0 saturated heterocycles. The highest BCUT2D eigenvalue weighted by molar-refractivity contribution is 6.17. The van der Waals surface area contributed by atoms with Crippen LogP contribution in [0.1, 0.15) is 0 Å². The standard InChI is InChI=1S/C47H31N3/c1-5-17-32(18-6-1)44-40-29-16-28-38(43(40)39-27-13-14-30-41(39)48-44)36-25-15-26-37(31-36)42-45(33-19-7-2-8-20-33)49-47(35-23-11-4-12-24-35)50-46(42)34-21-9-3-10-22-34/h1-31H. The van der Waals surface area contributed by atoms with Crippen molar-refractivity contribution in [3.8, 4) is 67.4 Å². The summed E-state index contributed by atoms with van der Waals surface area (Å²) in [7, 11) is 0. The summed E-state index contributed by atoms with van der Waals surface area (Å²) < 4.78 is 0. The van der Waals surface area contributed by atoms with Crippen LogP contribution >= 0.6 is 0 Å². The van der Waals surface area contributed by atoms with Crippen LogP contribution < -0.4 is 0 Å². The van der Waals surface area contributed by atoms with Gasteiger partial charge < -0.3 is 0 Å². The van der Waals surface area contributed by atoms with Gasteiger partial charge in [-0.2, -0.15) is 0 Å². The topological polar surface area (TPSA) is 38.7 Å². The van der Waals surface area contributed by atoms with Gasteiger partial charge in [0, 0.05) is 44.0 Å². The van der Waals surface area contributed by atoms with Gasteiger partial charge in [-0.05, 0) is 28.8 Å². The molecule has 0 amide bonds. The molecule has 0 fully saturated rings. The maximum atomic E-state index is 5.29. The van der Waals surface area contributed by atoms with E-state index in [0.29, 0.717) is 5.82 Å². The highest BCUT2D eigenvalue weighted by atomic mass is 14.9. The first-order valence-electron chi connectivity index (χ1n) is 16.9. The fourth-order valence-electron chi connectivity index (χ4n) is 6.96. The Kier molecular flexibility index (Phi) is 7.49. The highest BCUT2D eigenvalue weighted by Crippen LogP contribution is 2.43. The maximum Gasteiger partial charge on any atom is 0.160 e. The molecule has 0 aliphatic rings. The Morgan fingerprint density at radius 3 is 1.38 bits per heavy atom. The SMILES string of the molecule is c1ccc(-c2nc(-c3ccccc3)c(-c3cccc(-c4cccc5c(-c6ccccc6)nc6ccccc6c45)c3)c(-c3ccccc3)n2)cc1. The molecule has 0 aliphatic carbocycles. The summed E-state index contributed by atoms with van der Waals surface area (Å²) in [5.41, 5.74) is 12.3. The average Bonchev–Trinajstić information content (AvgIpc) is 3.21. The Balaban J connectivity index is 1.33. The van der Waals surface area contributed by atoms with Crippen LogP contribution in [-0.4, -0.2) is 15.0 Å². The van der Waals surface area contributed by atoms with Crippen molar-refractivity contribution < 1.29 is 0 Å². The zero-order valence-electron chi connectivity index (χ0n) is 27.2. The summed E-state index contributed by atoms with van der Waals surface area (Å²) in [5, 5.41) is 3.45. The van der Waals surface area contributed by atoms with E-state index in [4.69, 9.17) is 15.0 Å². The lowest BCUT2D eigenvalue weighted by Gasteiger charge is -2.18. The number of nitrogens with zero attached hydrogens (tertiary/aromatic N) is 3. The van der Waals surface area contributed by atoms with E-state index in [-0.39, 0.29) is 0 Å². The molecule has 50 heavy (non-hydrogen) atoms. The molecule has 2 heterocycles. The molecule has 0 radical (unpaired) electrons. The van der Waals surface area contributed by atoms with Gasteiger partial charge in [0.1, 0.15) is 0 Å². The fourth-order valence-corrected chi connectivity index (χ4v) is 6.96. The molecular weight excluding hydrogens is 607 g/mol. The van der Waals surface area contributed by atoms with Crippen LogP contribution in [0.3, 0.4) is 0 Å². The third kappa shape index (κ3) is 5.32. The molecule has 3 heteroatoms. The van der Waals surface area contributed by atoms with Crippen LogP contribution in [0, 0.1) is 0 Å². The predicted molar refractivity (Wildman–Crippen MR) is 207 cm³/mol. The lowest BCUT2D eigenvalue weighted by atomic mass is 9.89. The predicted octanol–water partition coefficient (Wildman–Crippen LogP) is 12.2. The van der Waals surface area contributed by atoms with E-state index >= 15 is 0 Å². The molecule has 9 aromatic rings. The molecule has 0 unspecified atom stereocenters. The number of hydrogen-bond acceptors (Lipinski definition) is 3. The molecular formula is C47H31N3. The van der Waals surface area contributed by atoms with Crippen molar-refractivity contribution in [1.29, 1.82) is 0 Å². The van der Waals surface area contributed by atoms with Crippen molar-refractivity contribution in [3.63, 3.8) is 0 Å². The maximum absolute atomic E-state index is 5.29. The molecule has 3 nitrogen and oxygen atoms in total. The molecule has 0 saturated carbocycles. The van der Waals surface area contributed by atoms with Gasteiger partial charge >= 0.3 is 0 Å². The van der Waals surface area contributed by atoms with E-state index in [1.54, 1.807) is 0 Å². The van der Waals surface area contributed by atoms with Gasteiger partial charge in [0.2, 0.25) is 0 Å². The van der Waals surface area contributed by atoms with Gasteiger partial charge in [-0.25, -0.2) is 15.0 Å². The van der Waals surface area contributed by atoms with Crippen LogP contribution in [0.5, 0.6) is 0 Å². The summed E-state index contributed by atoms with van der Waals surface area (Å²) in [5.74, 6) is 0.699. The summed E-state index contributed by atoms with van der Waals surface area (Å²) in [6.07, 6.45) is 0. The van der Waals surface area contributed by atoms with Crippen LogP contribution in [-0.2, 0) is 0 Å².